The third-order valence-electron chi connectivity index (χ3n) is 6.68. The van der Waals surface area contributed by atoms with E-state index in [0.717, 1.165) is 18.5 Å². The first-order chi connectivity index (χ1) is 19.0. The summed E-state index contributed by atoms with van der Waals surface area (Å²) in [5.74, 6) is -1.45. The molecule has 2 N–H and O–H groups in total. The zero-order valence-electron chi connectivity index (χ0n) is 24.2. The topological polar surface area (TPSA) is 124 Å². The molecule has 6 unspecified atom stereocenters. The molecule has 2 heterocycles. The van der Waals surface area contributed by atoms with E-state index in [9.17, 15) is 14.7 Å². The van der Waals surface area contributed by atoms with Gasteiger partial charge in [-0.05, 0) is 52.5 Å². The van der Waals surface area contributed by atoms with Crippen LogP contribution in [0.3, 0.4) is 0 Å². The number of halogens is 1. The number of carbonyl (C=O) groups is 2. The number of rotatable bonds is 11. The molecule has 4 rings (SSSR count). The van der Waals surface area contributed by atoms with Gasteiger partial charge < -0.3 is 38.8 Å². The molecule has 11 heteroatoms. The van der Waals surface area contributed by atoms with Crippen LogP contribution in [0.15, 0.2) is 66.5 Å². The number of aliphatic hydroxyl groups excluding tert-OH is 2. The first-order valence-electron chi connectivity index (χ1n) is 13.3. The molecule has 6 atom stereocenters. The first kappa shape index (κ1) is 34.8. The molecule has 1 aliphatic carbocycles. The Labute approximate surface area is 248 Å². The van der Waals surface area contributed by atoms with Crippen LogP contribution in [0.2, 0.25) is 0 Å². The van der Waals surface area contributed by atoms with E-state index in [2.05, 4.69) is 11.5 Å². The van der Waals surface area contributed by atoms with Crippen LogP contribution in [-0.2, 0) is 33.3 Å². The SMILES string of the molecule is C=CC(C1=CC(=O)C(OC)=CC1=O)c1ccccc1.CN(C)CCCOC1C(C(O)CO)OC2OC(C)(C)OC21.Cl. The molecule has 2 aliphatic heterocycles. The summed E-state index contributed by atoms with van der Waals surface area (Å²) in [6.07, 6.45) is 2.06. The molecular weight excluding hydrogens is 554 g/mol. The predicted octanol–water partition coefficient (Wildman–Crippen LogP) is 2.54. The minimum absolute atomic E-state index is 0. The fourth-order valence-corrected chi connectivity index (χ4v) is 4.77. The minimum atomic E-state index is -1.01. The number of hydrogen-bond acceptors (Lipinski definition) is 10. The van der Waals surface area contributed by atoms with E-state index >= 15 is 0 Å². The largest absolute Gasteiger partial charge is 0.493 e. The number of fused-ring (bicyclic) bond motifs is 1. The number of benzene rings is 1. The van der Waals surface area contributed by atoms with E-state index in [1.807, 2.05) is 58.3 Å². The number of hydrogen-bond donors (Lipinski definition) is 2. The number of carbonyl (C=O) groups excluding carboxylic acids is 2. The van der Waals surface area contributed by atoms with E-state index in [4.69, 9.17) is 28.8 Å². The lowest BCUT2D eigenvalue weighted by atomic mass is 9.85. The summed E-state index contributed by atoms with van der Waals surface area (Å²) in [6, 6.07) is 9.48. The summed E-state index contributed by atoms with van der Waals surface area (Å²) in [6.45, 7) is 8.45. The summed E-state index contributed by atoms with van der Waals surface area (Å²) in [4.78, 5) is 25.9. The second kappa shape index (κ2) is 15.7. The minimum Gasteiger partial charge on any atom is -0.493 e. The summed E-state index contributed by atoms with van der Waals surface area (Å²) in [5, 5.41) is 19.0. The highest BCUT2D eigenvalue weighted by Crippen LogP contribution is 2.39. The van der Waals surface area contributed by atoms with Crippen LogP contribution in [0, 0.1) is 0 Å². The van der Waals surface area contributed by atoms with Crippen molar-refractivity contribution in [1.29, 1.82) is 0 Å². The average Bonchev–Trinajstić information content (AvgIpc) is 3.40. The molecule has 1 aromatic rings. The van der Waals surface area contributed by atoms with Gasteiger partial charge in [-0.15, -0.1) is 19.0 Å². The van der Waals surface area contributed by atoms with Crippen LogP contribution in [0.25, 0.3) is 0 Å². The molecule has 1 aromatic carbocycles. The van der Waals surface area contributed by atoms with Crippen LogP contribution in [0.1, 0.15) is 31.7 Å². The van der Waals surface area contributed by atoms with E-state index < -0.39 is 30.4 Å². The molecule has 2 saturated heterocycles. The van der Waals surface area contributed by atoms with Crippen LogP contribution in [0.5, 0.6) is 0 Å². The second-order valence-corrected chi connectivity index (χ2v) is 10.5. The highest BCUT2D eigenvalue weighted by atomic mass is 35.5. The molecule has 0 saturated carbocycles. The Balaban J connectivity index is 0.000000281. The van der Waals surface area contributed by atoms with Crippen molar-refractivity contribution in [2.75, 3.05) is 41.0 Å². The summed E-state index contributed by atoms with van der Waals surface area (Å²) < 4.78 is 27.9. The average molecular weight is 596 g/mol. The first-order valence-corrected chi connectivity index (χ1v) is 13.3. The van der Waals surface area contributed by atoms with Gasteiger partial charge in [0.1, 0.15) is 24.4 Å². The van der Waals surface area contributed by atoms with Crippen LogP contribution in [-0.4, -0.2) is 104 Å². The van der Waals surface area contributed by atoms with Crippen molar-refractivity contribution in [3.8, 4) is 0 Å². The van der Waals surface area contributed by atoms with Gasteiger partial charge in [-0.25, -0.2) is 0 Å². The van der Waals surface area contributed by atoms with Crippen molar-refractivity contribution in [1.82, 2.24) is 4.90 Å². The molecule has 41 heavy (non-hydrogen) atoms. The van der Waals surface area contributed by atoms with E-state index in [0.29, 0.717) is 12.2 Å². The van der Waals surface area contributed by atoms with Gasteiger partial charge in [-0.3, -0.25) is 9.59 Å². The Morgan fingerprint density at radius 1 is 1.12 bits per heavy atom. The quantitative estimate of drug-likeness (QED) is 0.224. The molecule has 3 aliphatic rings. The Morgan fingerprint density at radius 2 is 1.80 bits per heavy atom. The van der Waals surface area contributed by atoms with E-state index in [1.54, 1.807) is 6.08 Å². The molecule has 0 amide bonds. The lowest BCUT2D eigenvalue weighted by Crippen LogP contribution is -2.44. The van der Waals surface area contributed by atoms with Crippen molar-refractivity contribution in [2.24, 2.45) is 0 Å². The number of ether oxygens (including phenoxy) is 5. The van der Waals surface area contributed by atoms with E-state index in [1.165, 1.54) is 19.3 Å². The highest BCUT2D eigenvalue weighted by molar-refractivity contribution is 6.19. The number of methoxy groups -OCH3 is 1. The van der Waals surface area contributed by atoms with Crippen molar-refractivity contribution in [2.45, 2.75) is 62.7 Å². The molecule has 10 nitrogen and oxygen atoms in total. The molecule has 0 bridgehead atoms. The Morgan fingerprint density at radius 3 is 2.39 bits per heavy atom. The summed E-state index contributed by atoms with van der Waals surface area (Å²) in [7, 11) is 5.38. The number of allylic oxidation sites excluding steroid dienone is 4. The molecule has 0 spiro atoms. The monoisotopic (exact) mass is 595 g/mol. The Hall–Kier alpha value is -2.41. The van der Waals surface area contributed by atoms with Gasteiger partial charge >= 0.3 is 0 Å². The Kier molecular flexibility index (Phi) is 13.3. The third kappa shape index (κ3) is 9.04. The standard InChI is InChI=1S/C16H14O3.C14H27NO6.ClH/c1-3-12(11-7-5-4-6-8-11)13-9-15(18)16(19-2)10-14(13)17;1-14(2)20-12-11(18-7-5-6-15(3)4)10(9(17)8-16)19-13(12)21-14;/h3-10,12H,1H2,2H3;9-13,16-17H,5-8H2,1-4H3;1H. The maximum absolute atomic E-state index is 12.1. The number of nitrogens with zero attached hydrogens (tertiary/aromatic N) is 1. The van der Waals surface area contributed by atoms with Crippen LogP contribution < -0.4 is 0 Å². The molecule has 2 fully saturated rings. The van der Waals surface area contributed by atoms with Gasteiger partial charge in [0.2, 0.25) is 5.78 Å². The fraction of sp³-hybridized carbons (Fsp3) is 0.533. The van der Waals surface area contributed by atoms with Gasteiger partial charge in [0.15, 0.2) is 23.6 Å². The fourth-order valence-electron chi connectivity index (χ4n) is 4.77. The van der Waals surface area contributed by atoms with Crippen molar-refractivity contribution in [3.63, 3.8) is 0 Å². The summed E-state index contributed by atoms with van der Waals surface area (Å²) >= 11 is 0. The van der Waals surface area contributed by atoms with Gasteiger partial charge in [0, 0.05) is 24.2 Å². The van der Waals surface area contributed by atoms with Crippen LogP contribution in [0.4, 0.5) is 0 Å². The zero-order valence-corrected chi connectivity index (χ0v) is 25.0. The second-order valence-electron chi connectivity index (χ2n) is 10.5. The molecular formula is C30H42ClNO9. The lowest BCUT2D eigenvalue weighted by molar-refractivity contribution is -0.231. The van der Waals surface area contributed by atoms with Crippen molar-refractivity contribution >= 4 is 24.0 Å². The lowest BCUT2D eigenvalue weighted by Gasteiger charge is -2.28. The zero-order chi connectivity index (χ0) is 29.4. The van der Waals surface area contributed by atoms with Crippen molar-refractivity contribution < 1.29 is 43.5 Å². The maximum Gasteiger partial charge on any atom is 0.220 e. The highest BCUT2D eigenvalue weighted by Gasteiger charge is 2.56. The van der Waals surface area contributed by atoms with Gasteiger partial charge in [-0.2, -0.15) is 0 Å². The Bertz CT molecular complexity index is 1090. The predicted molar refractivity (Wildman–Crippen MR) is 155 cm³/mol. The third-order valence-corrected chi connectivity index (χ3v) is 6.68. The smallest absolute Gasteiger partial charge is 0.220 e. The normalized spacial score (nSPS) is 26.1. The van der Waals surface area contributed by atoms with Gasteiger partial charge in [0.05, 0.1) is 13.7 Å². The molecule has 0 radical (unpaired) electrons. The molecule has 0 aromatic heterocycles. The number of ketones is 2. The number of aliphatic hydroxyl groups is 2. The van der Waals surface area contributed by atoms with Crippen LogP contribution >= 0.6 is 12.4 Å². The maximum atomic E-state index is 12.1. The van der Waals surface area contributed by atoms with Gasteiger partial charge in [-0.1, -0.05) is 36.4 Å². The summed E-state index contributed by atoms with van der Waals surface area (Å²) in [5.41, 5.74) is 1.35. The van der Waals surface area contributed by atoms with Gasteiger partial charge in [0.25, 0.3) is 0 Å². The molecule has 228 valence electrons. The van der Waals surface area contributed by atoms with Crippen molar-refractivity contribution in [3.05, 3.63) is 72.0 Å². The van der Waals surface area contributed by atoms with E-state index in [-0.39, 0.29) is 48.4 Å².